The molecule has 1 aromatic rings. The van der Waals surface area contributed by atoms with Crippen LogP contribution in [0.15, 0.2) is 6.07 Å². The first-order valence-corrected chi connectivity index (χ1v) is 6.39. The predicted molar refractivity (Wildman–Crippen MR) is 68.0 cm³/mol. The van der Waals surface area contributed by atoms with Gasteiger partial charge in [0.15, 0.2) is 0 Å². The van der Waals surface area contributed by atoms with Crippen LogP contribution < -0.4 is 5.32 Å². The third-order valence-electron chi connectivity index (χ3n) is 3.38. The summed E-state index contributed by atoms with van der Waals surface area (Å²) < 4.78 is 0. The van der Waals surface area contributed by atoms with Crippen molar-refractivity contribution in [1.29, 1.82) is 0 Å². The standard InChI is InChI=1S/C13H21N3O/c1-9-7-13(16-10(2)15-9)14-8-11-5-3-4-6-12(11)17/h7,11-12,17H,3-6,8H2,1-2H3,(H,14,15,16). The Hall–Kier alpha value is -1.16. The summed E-state index contributed by atoms with van der Waals surface area (Å²) in [7, 11) is 0. The van der Waals surface area contributed by atoms with Crippen molar-refractivity contribution in [2.24, 2.45) is 5.92 Å². The molecule has 1 saturated carbocycles. The molecule has 2 atom stereocenters. The van der Waals surface area contributed by atoms with Crippen LogP contribution in [0.1, 0.15) is 37.2 Å². The summed E-state index contributed by atoms with van der Waals surface area (Å²) in [4.78, 5) is 8.58. The van der Waals surface area contributed by atoms with Gasteiger partial charge in [0.05, 0.1) is 6.10 Å². The number of nitrogens with one attached hydrogen (secondary N) is 1. The summed E-state index contributed by atoms with van der Waals surface area (Å²) in [5.41, 5.74) is 0.976. The monoisotopic (exact) mass is 235 g/mol. The van der Waals surface area contributed by atoms with Crippen LogP contribution in [0.5, 0.6) is 0 Å². The van der Waals surface area contributed by atoms with Crippen molar-refractivity contribution in [2.45, 2.75) is 45.6 Å². The molecule has 0 aromatic carbocycles. The summed E-state index contributed by atoms with van der Waals surface area (Å²) in [5.74, 6) is 2.02. The number of aryl methyl sites for hydroxylation is 2. The van der Waals surface area contributed by atoms with Gasteiger partial charge in [-0.15, -0.1) is 0 Å². The summed E-state index contributed by atoms with van der Waals surface area (Å²) in [6.45, 7) is 4.67. The smallest absolute Gasteiger partial charge is 0.129 e. The normalized spacial score (nSPS) is 24.6. The van der Waals surface area contributed by atoms with E-state index >= 15 is 0 Å². The molecule has 0 aliphatic heterocycles. The minimum absolute atomic E-state index is 0.153. The van der Waals surface area contributed by atoms with Gasteiger partial charge in [0.1, 0.15) is 11.6 Å². The fraction of sp³-hybridized carbons (Fsp3) is 0.692. The molecule has 4 nitrogen and oxygen atoms in total. The fourth-order valence-corrected chi connectivity index (χ4v) is 2.47. The second-order valence-electron chi connectivity index (χ2n) is 4.93. The van der Waals surface area contributed by atoms with E-state index in [4.69, 9.17) is 0 Å². The number of aromatic nitrogens is 2. The van der Waals surface area contributed by atoms with Crippen LogP contribution in [-0.2, 0) is 0 Å². The lowest BCUT2D eigenvalue weighted by Gasteiger charge is -2.27. The average molecular weight is 235 g/mol. The molecule has 94 valence electrons. The maximum atomic E-state index is 9.88. The Bertz CT molecular complexity index is 361. The number of aliphatic hydroxyl groups excluding tert-OH is 1. The molecule has 0 saturated heterocycles. The zero-order valence-electron chi connectivity index (χ0n) is 10.6. The van der Waals surface area contributed by atoms with Gasteiger partial charge in [-0.3, -0.25) is 0 Å². The van der Waals surface area contributed by atoms with Gasteiger partial charge in [-0.05, 0) is 26.7 Å². The van der Waals surface area contributed by atoms with Crippen LogP contribution in [0.3, 0.4) is 0 Å². The summed E-state index contributed by atoms with van der Waals surface area (Å²) in [6, 6.07) is 1.95. The number of hydrogen-bond donors (Lipinski definition) is 2. The van der Waals surface area contributed by atoms with E-state index in [-0.39, 0.29) is 6.10 Å². The zero-order chi connectivity index (χ0) is 12.3. The van der Waals surface area contributed by atoms with E-state index in [0.717, 1.165) is 43.1 Å². The molecule has 1 aliphatic rings. The Morgan fingerprint density at radius 3 is 2.76 bits per heavy atom. The van der Waals surface area contributed by atoms with Crippen molar-refractivity contribution in [3.8, 4) is 0 Å². The molecule has 0 bridgehead atoms. The van der Waals surface area contributed by atoms with Crippen LogP contribution in [0.25, 0.3) is 0 Å². The second kappa shape index (κ2) is 5.45. The molecule has 1 fully saturated rings. The van der Waals surface area contributed by atoms with Crippen LogP contribution in [0.4, 0.5) is 5.82 Å². The van der Waals surface area contributed by atoms with E-state index in [1.807, 2.05) is 19.9 Å². The maximum Gasteiger partial charge on any atom is 0.129 e. The highest BCUT2D eigenvalue weighted by molar-refractivity contribution is 5.35. The Morgan fingerprint density at radius 2 is 2.06 bits per heavy atom. The van der Waals surface area contributed by atoms with Gasteiger partial charge in [-0.1, -0.05) is 12.8 Å². The Morgan fingerprint density at radius 1 is 1.29 bits per heavy atom. The lowest BCUT2D eigenvalue weighted by Crippen LogP contribution is -2.30. The lowest BCUT2D eigenvalue weighted by molar-refractivity contribution is 0.0763. The van der Waals surface area contributed by atoms with E-state index < -0.39 is 0 Å². The molecule has 2 unspecified atom stereocenters. The molecular weight excluding hydrogens is 214 g/mol. The molecule has 1 heterocycles. The van der Waals surface area contributed by atoms with Crippen molar-refractivity contribution in [1.82, 2.24) is 9.97 Å². The fourth-order valence-electron chi connectivity index (χ4n) is 2.47. The molecule has 0 radical (unpaired) electrons. The second-order valence-corrected chi connectivity index (χ2v) is 4.93. The van der Waals surface area contributed by atoms with E-state index in [1.54, 1.807) is 0 Å². The molecule has 2 rings (SSSR count). The van der Waals surface area contributed by atoms with Crippen molar-refractivity contribution < 1.29 is 5.11 Å². The largest absolute Gasteiger partial charge is 0.393 e. The predicted octanol–water partition coefficient (Wildman–Crippen LogP) is 2.06. The van der Waals surface area contributed by atoms with Crippen molar-refractivity contribution in [3.63, 3.8) is 0 Å². The minimum Gasteiger partial charge on any atom is -0.393 e. The van der Waals surface area contributed by atoms with Gasteiger partial charge < -0.3 is 10.4 Å². The maximum absolute atomic E-state index is 9.88. The first-order valence-electron chi connectivity index (χ1n) is 6.39. The SMILES string of the molecule is Cc1cc(NCC2CCCCC2O)nc(C)n1. The van der Waals surface area contributed by atoms with Gasteiger partial charge in [-0.25, -0.2) is 9.97 Å². The minimum atomic E-state index is -0.153. The zero-order valence-corrected chi connectivity index (χ0v) is 10.6. The highest BCUT2D eigenvalue weighted by Crippen LogP contribution is 2.24. The Kier molecular flexibility index (Phi) is 3.94. The van der Waals surface area contributed by atoms with Crippen LogP contribution in [0, 0.1) is 19.8 Å². The van der Waals surface area contributed by atoms with E-state index in [2.05, 4.69) is 15.3 Å². The third-order valence-corrected chi connectivity index (χ3v) is 3.38. The quantitative estimate of drug-likeness (QED) is 0.842. The highest BCUT2D eigenvalue weighted by atomic mass is 16.3. The number of anilines is 1. The van der Waals surface area contributed by atoms with Crippen LogP contribution in [0.2, 0.25) is 0 Å². The third kappa shape index (κ3) is 3.40. The van der Waals surface area contributed by atoms with Crippen molar-refractivity contribution in [3.05, 3.63) is 17.6 Å². The summed E-state index contributed by atoms with van der Waals surface area (Å²) >= 11 is 0. The molecule has 0 spiro atoms. The van der Waals surface area contributed by atoms with Crippen molar-refractivity contribution >= 4 is 5.82 Å². The molecule has 2 N–H and O–H groups in total. The van der Waals surface area contributed by atoms with Gasteiger partial charge in [0.2, 0.25) is 0 Å². The molecule has 1 aromatic heterocycles. The van der Waals surface area contributed by atoms with E-state index in [0.29, 0.717) is 5.92 Å². The van der Waals surface area contributed by atoms with Gasteiger partial charge in [0, 0.05) is 24.2 Å². The first kappa shape index (κ1) is 12.3. The summed E-state index contributed by atoms with van der Waals surface area (Å²) in [5, 5.41) is 13.2. The molecular formula is C13H21N3O. The van der Waals surface area contributed by atoms with Gasteiger partial charge >= 0.3 is 0 Å². The average Bonchev–Trinajstić information content (AvgIpc) is 2.27. The molecule has 1 aliphatic carbocycles. The molecule has 0 amide bonds. The van der Waals surface area contributed by atoms with Gasteiger partial charge in [-0.2, -0.15) is 0 Å². The first-order chi connectivity index (χ1) is 8.15. The number of hydrogen-bond acceptors (Lipinski definition) is 4. The Labute approximate surface area is 102 Å². The van der Waals surface area contributed by atoms with Crippen LogP contribution in [-0.4, -0.2) is 27.7 Å². The van der Waals surface area contributed by atoms with E-state index in [1.165, 1.54) is 6.42 Å². The highest BCUT2D eigenvalue weighted by Gasteiger charge is 2.22. The number of rotatable bonds is 3. The summed E-state index contributed by atoms with van der Waals surface area (Å²) in [6.07, 6.45) is 4.28. The van der Waals surface area contributed by atoms with Crippen LogP contribution >= 0.6 is 0 Å². The van der Waals surface area contributed by atoms with Gasteiger partial charge in [0.25, 0.3) is 0 Å². The molecule has 4 heteroatoms. The molecule has 17 heavy (non-hydrogen) atoms. The Balaban J connectivity index is 1.92. The number of nitrogens with zero attached hydrogens (tertiary/aromatic N) is 2. The lowest BCUT2D eigenvalue weighted by atomic mass is 9.86. The number of aliphatic hydroxyl groups is 1. The van der Waals surface area contributed by atoms with E-state index in [9.17, 15) is 5.11 Å². The topological polar surface area (TPSA) is 58.0 Å². The van der Waals surface area contributed by atoms with Crippen molar-refractivity contribution in [2.75, 3.05) is 11.9 Å².